The van der Waals surface area contributed by atoms with Crippen molar-refractivity contribution < 1.29 is 23.1 Å². The summed E-state index contributed by atoms with van der Waals surface area (Å²) in [5.41, 5.74) is 1.39. The maximum absolute atomic E-state index is 12.5. The number of aryl methyl sites for hydroxylation is 1. The van der Waals surface area contributed by atoms with Crippen molar-refractivity contribution in [2.24, 2.45) is 5.92 Å². The van der Waals surface area contributed by atoms with Crippen molar-refractivity contribution in [2.75, 3.05) is 6.61 Å². The van der Waals surface area contributed by atoms with Gasteiger partial charge in [0.05, 0.1) is 12.1 Å². The maximum atomic E-state index is 12.5. The van der Waals surface area contributed by atoms with Gasteiger partial charge in [0.1, 0.15) is 6.54 Å². The van der Waals surface area contributed by atoms with E-state index in [1.54, 1.807) is 13.8 Å². The van der Waals surface area contributed by atoms with Crippen LogP contribution < -0.4 is 5.32 Å². The van der Waals surface area contributed by atoms with Crippen molar-refractivity contribution in [2.45, 2.75) is 64.7 Å². The minimum absolute atomic E-state index is 0.0372. The van der Waals surface area contributed by atoms with Gasteiger partial charge in [0.25, 0.3) is 0 Å². The molecule has 0 atom stereocenters. The molecule has 0 aromatic carbocycles. The average molecular weight is 347 g/mol. The number of amides is 1. The number of aliphatic hydroxyl groups excluding tert-OH is 1. The van der Waals surface area contributed by atoms with Gasteiger partial charge in [-0.15, -0.1) is 0 Å². The van der Waals surface area contributed by atoms with Gasteiger partial charge in [-0.2, -0.15) is 18.3 Å². The van der Waals surface area contributed by atoms with Crippen LogP contribution in [0.1, 0.15) is 42.6 Å². The van der Waals surface area contributed by atoms with Crippen LogP contribution in [0.25, 0.3) is 0 Å². The molecular weight excluding hydrogens is 323 g/mol. The SMILES string of the molecule is Cc1nn(CC(F)(F)F)c(C)c1CC(=O)NC1CCC(CO)CC1. The average Bonchev–Trinajstić information content (AvgIpc) is 2.74. The van der Waals surface area contributed by atoms with Crippen LogP contribution in [0.15, 0.2) is 0 Å². The van der Waals surface area contributed by atoms with Gasteiger partial charge in [0.15, 0.2) is 0 Å². The summed E-state index contributed by atoms with van der Waals surface area (Å²) in [6.45, 7) is 2.21. The zero-order chi connectivity index (χ0) is 17.9. The molecule has 1 fully saturated rings. The highest BCUT2D eigenvalue weighted by molar-refractivity contribution is 5.79. The van der Waals surface area contributed by atoms with Crippen LogP contribution in [-0.2, 0) is 17.8 Å². The lowest BCUT2D eigenvalue weighted by Crippen LogP contribution is -2.39. The first kappa shape index (κ1) is 18.8. The number of aliphatic hydroxyl groups is 1. The normalized spacial score (nSPS) is 21.8. The van der Waals surface area contributed by atoms with E-state index in [0.29, 0.717) is 22.9 Å². The molecule has 0 radical (unpaired) electrons. The smallest absolute Gasteiger partial charge is 0.396 e. The summed E-state index contributed by atoms with van der Waals surface area (Å²) >= 11 is 0. The molecule has 0 bridgehead atoms. The first-order valence-electron chi connectivity index (χ1n) is 8.19. The second-order valence-electron chi connectivity index (χ2n) is 6.57. The number of hydrogen-bond acceptors (Lipinski definition) is 3. The molecule has 1 heterocycles. The Morgan fingerprint density at radius 2 is 1.92 bits per heavy atom. The zero-order valence-corrected chi connectivity index (χ0v) is 14.0. The number of alkyl halides is 3. The van der Waals surface area contributed by atoms with Crippen molar-refractivity contribution in [3.8, 4) is 0 Å². The molecule has 0 unspecified atom stereocenters. The van der Waals surface area contributed by atoms with Gasteiger partial charge >= 0.3 is 6.18 Å². The lowest BCUT2D eigenvalue weighted by atomic mass is 9.86. The topological polar surface area (TPSA) is 67.2 Å². The fraction of sp³-hybridized carbons (Fsp3) is 0.750. The van der Waals surface area contributed by atoms with Crippen LogP contribution in [0.2, 0.25) is 0 Å². The zero-order valence-electron chi connectivity index (χ0n) is 14.0. The number of rotatable bonds is 5. The molecule has 1 aliphatic carbocycles. The molecule has 2 rings (SSSR count). The van der Waals surface area contributed by atoms with Crippen LogP contribution >= 0.6 is 0 Å². The molecule has 1 aromatic heterocycles. The van der Waals surface area contributed by atoms with Gasteiger partial charge in [-0.3, -0.25) is 9.48 Å². The second-order valence-corrected chi connectivity index (χ2v) is 6.57. The van der Waals surface area contributed by atoms with Crippen molar-refractivity contribution in [1.29, 1.82) is 0 Å². The molecule has 1 saturated carbocycles. The minimum atomic E-state index is -4.34. The van der Waals surface area contributed by atoms with Crippen molar-refractivity contribution in [1.82, 2.24) is 15.1 Å². The van der Waals surface area contributed by atoms with Crippen LogP contribution in [0.4, 0.5) is 13.2 Å². The van der Waals surface area contributed by atoms with E-state index in [1.165, 1.54) is 0 Å². The predicted octanol–water partition coefficient (Wildman–Crippen LogP) is 2.27. The van der Waals surface area contributed by atoms with E-state index in [1.807, 2.05) is 0 Å². The molecule has 8 heteroatoms. The molecule has 0 saturated heterocycles. The second kappa shape index (κ2) is 7.55. The number of nitrogens with zero attached hydrogens (tertiary/aromatic N) is 2. The van der Waals surface area contributed by atoms with E-state index in [-0.39, 0.29) is 25.0 Å². The highest BCUT2D eigenvalue weighted by Crippen LogP contribution is 2.24. The van der Waals surface area contributed by atoms with E-state index < -0.39 is 12.7 Å². The van der Waals surface area contributed by atoms with Gasteiger partial charge in [-0.25, -0.2) is 0 Å². The Hall–Kier alpha value is -1.57. The Kier molecular flexibility index (Phi) is 5.90. The summed E-state index contributed by atoms with van der Waals surface area (Å²) in [6.07, 6.45) is -0.903. The van der Waals surface area contributed by atoms with Crippen molar-refractivity contribution in [3.05, 3.63) is 17.0 Å². The third kappa shape index (κ3) is 4.96. The molecule has 2 N–H and O–H groups in total. The summed E-state index contributed by atoms with van der Waals surface area (Å²) in [5, 5.41) is 16.0. The van der Waals surface area contributed by atoms with Crippen molar-refractivity contribution >= 4 is 5.91 Å². The maximum Gasteiger partial charge on any atom is 0.408 e. The molecule has 0 aliphatic heterocycles. The summed E-state index contributed by atoms with van der Waals surface area (Å²) in [7, 11) is 0. The van der Waals surface area contributed by atoms with Gasteiger partial charge in [0.2, 0.25) is 5.91 Å². The quantitative estimate of drug-likeness (QED) is 0.859. The fourth-order valence-electron chi connectivity index (χ4n) is 3.24. The van der Waals surface area contributed by atoms with E-state index in [0.717, 1.165) is 30.4 Å². The number of carbonyl (C=O) groups is 1. The highest BCUT2D eigenvalue weighted by atomic mass is 19.4. The van der Waals surface area contributed by atoms with Crippen molar-refractivity contribution in [3.63, 3.8) is 0 Å². The van der Waals surface area contributed by atoms with E-state index in [2.05, 4.69) is 10.4 Å². The van der Waals surface area contributed by atoms with Crippen LogP contribution in [0, 0.1) is 19.8 Å². The van der Waals surface area contributed by atoms with Gasteiger partial charge in [-0.1, -0.05) is 0 Å². The van der Waals surface area contributed by atoms with E-state index >= 15 is 0 Å². The molecule has 5 nitrogen and oxygen atoms in total. The van der Waals surface area contributed by atoms with Crippen LogP contribution in [0.5, 0.6) is 0 Å². The molecule has 1 aliphatic rings. The number of nitrogens with one attached hydrogen (secondary N) is 1. The monoisotopic (exact) mass is 347 g/mol. The Bertz CT molecular complexity index is 576. The Balaban J connectivity index is 1.94. The summed E-state index contributed by atoms with van der Waals surface area (Å²) in [6, 6.07) is 0.0751. The minimum Gasteiger partial charge on any atom is -0.396 e. The highest BCUT2D eigenvalue weighted by Gasteiger charge is 2.30. The number of hydrogen-bond donors (Lipinski definition) is 2. The van der Waals surface area contributed by atoms with E-state index in [4.69, 9.17) is 5.11 Å². The Morgan fingerprint density at radius 3 is 2.46 bits per heavy atom. The molecule has 24 heavy (non-hydrogen) atoms. The van der Waals surface area contributed by atoms with Crippen LogP contribution in [-0.4, -0.2) is 39.6 Å². The number of halogens is 3. The summed E-state index contributed by atoms with van der Waals surface area (Å²) in [4.78, 5) is 12.2. The Morgan fingerprint density at radius 1 is 1.29 bits per heavy atom. The molecule has 0 spiro atoms. The molecule has 136 valence electrons. The van der Waals surface area contributed by atoms with Gasteiger partial charge < -0.3 is 10.4 Å². The lowest BCUT2D eigenvalue weighted by Gasteiger charge is -2.28. The van der Waals surface area contributed by atoms with Crippen LogP contribution in [0.3, 0.4) is 0 Å². The van der Waals surface area contributed by atoms with Gasteiger partial charge in [-0.05, 0) is 45.4 Å². The fourth-order valence-corrected chi connectivity index (χ4v) is 3.24. The standard InChI is InChI=1S/C16H24F3N3O2/c1-10-14(11(2)22(21-10)9-16(17,18)19)7-15(24)20-13-5-3-12(8-23)4-6-13/h12-13,23H,3-9H2,1-2H3,(H,20,24). The molecule has 1 amide bonds. The first-order valence-corrected chi connectivity index (χ1v) is 8.19. The number of carbonyl (C=O) groups excluding carboxylic acids is 1. The largest absolute Gasteiger partial charge is 0.408 e. The lowest BCUT2D eigenvalue weighted by molar-refractivity contribution is -0.143. The summed E-state index contributed by atoms with van der Waals surface area (Å²) in [5.74, 6) is 0.114. The third-order valence-electron chi connectivity index (χ3n) is 4.67. The van der Waals surface area contributed by atoms with E-state index in [9.17, 15) is 18.0 Å². The van der Waals surface area contributed by atoms with Gasteiger partial charge in [0, 0.05) is 23.9 Å². The third-order valence-corrected chi connectivity index (χ3v) is 4.67. The predicted molar refractivity (Wildman–Crippen MR) is 82.4 cm³/mol. The summed E-state index contributed by atoms with van der Waals surface area (Å²) < 4.78 is 38.5. The molecule has 1 aromatic rings. The number of aromatic nitrogens is 2. The first-order chi connectivity index (χ1) is 11.2. The molecular formula is C16H24F3N3O2. The Labute approximate surface area is 139 Å².